The predicted octanol–water partition coefficient (Wildman–Crippen LogP) is 1.82. The van der Waals surface area contributed by atoms with Crippen molar-refractivity contribution in [3.8, 4) is 0 Å². The van der Waals surface area contributed by atoms with Crippen molar-refractivity contribution in [1.82, 2.24) is 0 Å². The summed E-state index contributed by atoms with van der Waals surface area (Å²) in [5.41, 5.74) is 1.25. The monoisotopic (exact) mass is 343 g/mol. The summed E-state index contributed by atoms with van der Waals surface area (Å²) < 4.78 is 11.1. The Morgan fingerprint density at radius 3 is 2.85 bits per heavy atom. The van der Waals surface area contributed by atoms with Gasteiger partial charge in [-0.15, -0.1) is 0 Å². The molecule has 0 radical (unpaired) electrons. The second kappa shape index (κ2) is 6.56. The van der Waals surface area contributed by atoms with Crippen LogP contribution in [0.5, 0.6) is 0 Å². The summed E-state index contributed by atoms with van der Waals surface area (Å²) in [6.45, 7) is 0.704. The molecule has 1 aromatic rings. The highest BCUT2D eigenvalue weighted by Crippen LogP contribution is 2.32. The molecule has 1 aliphatic heterocycles. The second-order valence-electron chi connectivity index (χ2n) is 4.66. The molecule has 0 saturated carbocycles. The number of esters is 1. The fourth-order valence-corrected chi connectivity index (χ4v) is 2.99. The first kappa shape index (κ1) is 15.3. The molecule has 1 saturated heterocycles. The van der Waals surface area contributed by atoms with E-state index in [9.17, 15) is 9.90 Å². The van der Waals surface area contributed by atoms with E-state index in [1.54, 1.807) is 19.2 Å². The lowest BCUT2D eigenvalue weighted by Gasteiger charge is -2.29. The van der Waals surface area contributed by atoms with Crippen LogP contribution >= 0.6 is 15.9 Å². The van der Waals surface area contributed by atoms with Crippen LogP contribution in [0.4, 0.5) is 5.69 Å². The minimum absolute atomic E-state index is 0.0222. The number of hydrogen-bond acceptors (Lipinski definition) is 5. The number of anilines is 1. The summed E-state index contributed by atoms with van der Waals surface area (Å²) >= 11 is 3.42. The molecule has 1 aromatic carbocycles. The molecule has 20 heavy (non-hydrogen) atoms. The van der Waals surface area contributed by atoms with E-state index in [0.29, 0.717) is 5.56 Å². The third-order valence-corrected chi connectivity index (χ3v) is 4.14. The zero-order chi connectivity index (χ0) is 14.7. The topological polar surface area (TPSA) is 59.0 Å². The average molecular weight is 344 g/mol. The molecule has 1 N–H and O–H groups in total. The van der Waals surface area contributed by atoms with Crippen LogP contribution in [-0.4, -0.2) is 50.6 Å². The van der Waals surface area contributed by atoms with E-state index < -0.39 is 0 Å². The molecular formula is C14H18BrNO4. The first-order chi connectivity index (χ1) is 9.62. The largest absolute Gasteiger partial charge is 0.465 e. The Morgan fingerprint density at radius 2 is 2.25 bits per heavy atom. The molecule has 0 bridgehead atoms. The highest BCUT2D eigenvalue weighted by molar-refractivity contribution is 9.10. The fourth-order valence-electron chi connectivity index (χ4n) is 2.64. The standard InChI is InChI=1S/C14H18BrNO4/c1-19-13-5-6-16(12(13)8-17)11-7-9(15)3-4-10(11)14(18)20-2/h3-4,7,12-13,17H,5-6,8H2,1-2H3/t12-,13+/m0/s1. The van der Waals surface area contributed by atoms with Crippen LogP contribution in [0.15, 0.2) is 22.7 Å². The van der Waals surface area contributed by atoms with Crippen molar-refractivity contribution in [2.24, 2.45) is 0 Å². The normalized spacial score (nSPS) is 22.1. The van der Waals surface area contributed by atoms with Crippen LogP contribution in [-0.2, 0) is 9.47 Å². The highest BCUT2D eigenvalue weighted by atomic mass is 79.9. The summed E-state index contributed by atoms with van der Waals surface area (Å²) in [6, 6.07) is 5.23. The molecule has 1 heterocycles. The lowest BCUT2D eigenvalue weighted by Crippen LogP contribution is -2.39. The maximum atomic E-state index is 11.9. The van der Waals surface area contributed by atoms with Crippen molar-refractivity contribution in [1.29, 1.82) is 0 Å². The molecule has 1 aliphatic rings. The van der Waals surface area contributed by atoms with Crippen LogP contribution in [0.3, 0.4) is 0 Å². The Balaban J connectivity index is 2.41. The maximum absolute atomic E-state index is 11.9. The van der Waals surface area contributed by atoms with Crippen molar-refractivity contribution < 1.29 is 19.4 Å². The lowest BCUT2D eigenvalue weighted by atomic mass is 10.1. The lowest BCUT2D eigenvalue weighted by molar-refractivity contribution is 0.0599. The molecule has 0 spiro atoms. The van der Waals surface area contributed by atoms with Crippen molar-refractivity contribution >= 4 is 27.6 Å². The predicted molar refractivity (Wildman–Crippen MR) is 79.1 cm³/mol. The van der Waals surface area contributed by atoms with Crippen molar-refractivity contribution in [2.45, 2.75) is 18.6 Å². The van der Waals surface area contributed by atoms with Gasteiger partial charge in [0.1, 0.15) is 0 Å². The molecule has 2 rings (SSSR count). The van der Waals surface area contributed by atoms with Gasteiger partial charge in [0.05, 0.1) is 37.1 Å². The molecule has 0 aromatic heterocycles. The minimum Gasteiger partial charge on any atom is -0.465 e. The Morgan fingerprint density at radius 1 is 1.50 bits per heavy atom. The van der Waals surface area contributed by atoms with E-state index in [0.717, 1.165) is 23.1 Å². The number of carbonyl (C=O) groups excluding carboxylic acids is 1. The van der Waals surface area contributed by atoms with Crippen LogP contribution < -0.4 is 4.90 Å². The number of halogens is 1. The number of nitrogens with zero attached hydrogens (tertiary/aromatic N) is 1. The third kappa shape index (κ3) is 2.82. The highest BCUT2D eigenvalue weighted by Gasteiger charge is 2.35. The summed E-state index contributed by atoms with van der Waals surface area (Å²) in [4.78, 5) is 13.9. The second-order valence-corrected chi connectivity index (χ2v) is 5.57. The van der Waals surface area contributed by atoms with Gasteiger partial charge in [0, 0.05) is 18.1 Å². The number of benzene rings is 1. The average Bonchev–Trinajstić information content (AvgIpc) is 2.89. The van der Waals surface area contributed by atoms with Crippen molar-refractivity contribution in [2.75, 3.05) is 32.3 Å². The number of rotatable bonds is 4. The summed E-state index contributed by atoms with van der Waals surface area (Å²) in [5, 5.41) is 9.61. The molecule has 0 aliphatic carbocycles. The maximum Gasteiger partial charge on any atom is 0.339 e. The van der Waals surface area contributed by atoms with Gasteiger partial charge in [0.25, 0.3) is 0 Å². The fraction of sp³-hybridized carbons (Fsp3) is 0.500. The molecular weight excluding hydrogens is 326 g/mol. The molecule has 1 fully saturated rings. The van der Waals surface area contributed by atoms with E-state index in [2.05, 4.69) is 15.9 Å². The van der Waals surface area contributed by atoms with Crippen molar-refractivity contribution in [3.63, 3.8) is 0 Å². The molecule has 6 heteroatoms. The smallest absolute Gasteiger partial charge is 0.339 e. The zero-order valence-electron chi connectivity index (χ0n) is 11.5. The van der Waals surface area contributed by atoms with E-state index >= 15 is 0 Å². The molecule has 0 amide bonds. The van der Waals surface area contributed by atoms with Gasteiger partial charge < -0.3 is 19.5 Å². The van der Waals surface area contributed by atoms with E-state index in [1.807, 2.05) is 11.0 Å². The summed E-state index contributed by atoms with van der Waals surface area (Å²) in [6.07, 6.45) is 0.777. The number of ether oxygens (including phenoxy) is 2. The number of hydrogen-bond donors (Lipinski definition) is 1. The Labute approximate surface area is 126 Å². The van der Waals surface area contributed by atoms with Gasteiger partial charge in [-0.3, -0.25) is 0 Å². The van der Waals surface area contributed by atoms with E-state index in [4.69, 9.17) is 9.47 Å². The SMILES string of the molecule is COC(=O)c1ccc(Br)cc1N1CC[C@@H](OC)[C@@H]1CO. The Kier molecular flexibility index (Phi) is 5.01. The Hall–Kier alpha value is -1.11. The van der Waals surface area contributed by atoms with Gasteiger partial charge in [0.15, 0.2) is 0 Å². The molecule has 110 valence electrons. The molecule has 5 nitrogen and oxygen atoms in total. The number of carbonyl (C=O) groups is 1. The van der Waals surface area contributed by atoms with Gasteiger partial charge in [-0.25, -0.2) is 4.79 Å². The van der Waals surface area contributed by atoms with Crippen LogP contribution in [0.2, 0.25) is 0 Å². The zero-order valence-corrected chi connectivity index (χ0v) is 13.1. The summed E-state index contributed by atoms with van der Waals surface area (Å²) in [7, 11) is 3.00. The van der Waals surface area contributed by atoms with Gasteiger partial charge in [-0.2, -0.15) is 0 Å². The van der Waals surface area contributed by atoms with E-state index in [1.165, 1.54) is 7.11 Å². The quantitative estimate of drug-likeness (QED) is 0.845. The van der Waals surface area contributed by atoms with Crippen LogP contribution in [0.1, 0.15) is 16.8 Å². The van der Waals surface area contributed by atoms with Crippen LogP contribution in [0.25, 0.3) is 0 Å². The third-order valence-electron chi connectivity index (χ3n) is 3.65. The van der Waals surface area contributed by atoms with Gasteiger partial charge in [0.2, 0.25) is 0 Å². The first-order valence-corrected chi connectivity index (χ1v) is 7.19. The number of aliphatic hydroxyl groups excluding tert-OH is 1. The summed E-state index contributed by atoms with van der Waals surface area (Å²) in [5.74, 6) is -0.384. The van der Waals surface area contributed by atoms with Gasteiger partial charge >= 0.3 is 5.97 Å². The Bertz CT molecular complexity index is 494. The minimum atomic E-state index is -0.384. The van der Waals surface area contributed by atoms with Gasteiger partial charge in [-0.05, 0) is 24.6 Å². The van der Waals surface area contributed by atoms with Crippen molar-refractivity contribution in [3.05, 3.63) is 28.2 Å². The molecule has 2 atom stereocenters. The first-order valence-electron chi connectivity index (χ1n) is 6.40. The van der Waals surface area contributed by atoms with Crippen LogP contribution in [0, 0.1) is 0 Å². The number of aliphatic hydroxyl groups is 1. The van der Waals surface area contributed by atoms with Gasteiger partial charge in [-0.1, -0.05) is 15.9 Å². The number of methoxy groups -OCH3 is 2. The molecule has 0 unspecified atom stereocenters. The van der Waals surface area contributed by atoms with E-state index in [-0.39, 0.29) is 24.7 Å².